The molecule has 2 aromatic rings. The van der Waals surface area contributed by atoms with E-state index in [1.165, 1.54) is 11.7 Å². The second kappa shape index (κ2) is 5.86. The Labute approximate surface area is 133 Å². The van der Waals surface area contributed by atoms with E-state index in [4.69, 9.17) is 4.52 Å². The highest BCUT2D eigenvalue weighted by Gasteiger charge is 2.28. The van der Waals surface area contributed by atoms with Crippen molar-refractivity contribution in [1.82, 2.24) is 20.3 Å². The maximum atomic E-state index is 12.5. The van der Waals surface area contributed by atoms with Crippen LogP contribution in [0.2, 0.25) is 0 Å². The van der Waals surface area contributed by atoms with Crippen molar-refractivity contribution >= 4 is 17.5 Å². The SMILES string of the molecule is CNC(=O)c1nn(C)cc1NC(=O)c1noc2c1CC(C)CC2. The van der Waals surface area contributed by atoms with Crippen molar-refractivity contribution in [3.05, 3.63) is 28.9 Å². The number of carbonyl (C=O) groups is 2. The lowest BCUT2D eigenvalue weighted by molar-refractivity contribution is 0.0958. The first kappa shape index (κ1) is 15.3. The smallest absolute Gasteiger partial charge is 0.278 e. The maximum Gasteiger partial charge on any atom is 0.278 e. The van der Waals surface area contributed by atoms with Gasteiger partial charge in [0.25, 0.3) is 11.8 Å². The molecule has 1 aliphatic rings. The van der Waals surface area contributed by atoms with Gasteiger partial charge in [0.15, 0.2) is 11.4 Å². The van der Waals surface area contributed by atoms with Gasteiger partial charge >= 0.3 is 0 Å². The normalized spacial score (nSPS) is 16.7. The Morgan fingerprint density at radius 1 is 1.35 bits per heavy atom. The zero-order valence-electron chi connectivity index (χ0n) is 13.3. The predicted octanol–water partition coefficient (Wildman–Crippen LogP) is 1.14. The first-order valence-corrected chi connectivity index (χ1v) is 7.54. The number of amides is 2. The molecule has 3 rings (SSSR count). The number of carbonyl (C=O) groups excluding carboxylic acids is 2. The number of nitrogens with one attached hydrogen (secondary N) is 2. The van der Waals surface area contributed by atoms with Gasteiger partial charge in [-0.2, -0.15) is 5.10 Å². The van der Waals surface area contributed by atoms with Gasteiger partial charge in [-0.3, -0.25) is 14.3 Å². The summed E-state index contributed by atoms with van der Waals surface area (Å²) in [5.74, 6) is 0.526. The summed E-state index contributed by atoms with van der Waals surface area (Å²) in [6, 6.07) is 0. The topological polar surface area (TPSA) is 102 Å². The summed E-state index contributed by atoms with van der Waals surface area (Å²) in [5, 5.41) is 13.2. The zero-order chi connectivity index (χ0) is 16.6. The molecule has 1 unspecified atom stereocenters. The van der Waals surface area contributed by atoms with Crippen LogP contribution in [0.25, 0.3) is 0 Å². The molecule has 0 aliphatic heterocycles. The largest absolute Gasteiger partial charge is 0.360 e. The highest BCUT2D eigenvalue weighted by Crippen LogP contribution is 2.28. The Bertz CT molecular complexity index is 761. The molecule has 8 nitrogen and oxygen atoms in total. The van der Waals surface area contributed by atoms with Gasteiger partial charge in [-0.25, -0.2) is 0 Å². The fraction of sp³-hybridized carbons (Fsp3) is 0.467. The number of nitrogens with zero attached hydrogens (tertiary/aromatic N) is 3. The van der Waals surface area contributed by atoms with E-state index < -0.39 is 0 Å². The van der Waals surface area contributed by atoms with Crippen molar-refractivity contribution < 1.29 is 14.1 Å². The van der Waals surface area contributed by atoms with E-state index in [1.807, 2.05) is 0 Å². The van der Waals surface area contributed by atoms with Gasteiger partial charge in [-0.15, -0.1) is 0 Å². The molecule has 1 aliphatic carbocycles. The summed E-state index contributed by atoms with van der Waals surface area (Å²) < 4.78 is 6.76. The lowest BCUT2D eigenvalue weighted by Crippen LogP contribution is -2.22. The van der Waals surface area contributed by atoms with Gasteiger partial charge in [-0.05, 0) is 18.8 Å². The third-order valence-corrected chi connectivity index (χ3v) is 4.02. The van der Waals surface area contributed by atoms with E-state index in [0.717, 1.165) is 30.6 Å². The molecule has 2 aromatic heterocycles. The van der Waals surface area contributed by atoms with Crippen molar-refractivity contribution in [3.63, 3.8) is 0 Å². The van der Waals surface area contributed by atoms with Crippen LogP contribution in [0.5, 0.6) is 0 Å². The molecule has 122 valence electrons. The Balaban J connectivity index is 1.86. The molecule has 0 fully saturated rings. The second-order valence-electron chi connectivity index (χ2n) is 5.88. The van der Waals surface area contributed by atoms with Crippen LogP contribution in [0.15, 0.2) is 10.7 Å². The van der Waals surface area contributed by atoms with Crippen LogP contribution in [0, 0.1) is 5.92 Å². The summed E-state index contributed by atoms with van der Waals surface area (Å²) in [4.78, 5) is 24.3. The number of fused-ring (bicyclic) bond motifs is 1. The van der Waals surface area contributed by atoms with Gasteiger partial charge in [-0.1, -0.05) is 12.1 Å². The van der Waals surface area contributed by atoms with Crippen LogP contribution in [0.3, 0.4) is 0 Å². The van der Waals surface area contributed by atoms with Crippen molar-refractivity contribution in [2.45, 2.75) is 26.2 Å². The van der Waals surface area contributed by atoms with Crippen LogP contribution >= 0.6 is 0 Å². The van der Waals surface area contributed by atoms with E-state index in [-0.39, 0.29) is 17.5 Å². The van der Waals surface area contributed by atoms with Crippen LogP contribution in [-0.2, 0) is 19.9 Å². The van der Waals surface area contributed by atoms with Gasteiger partial charge in [0.1, 0.15) is 5.76 Å². The highest BCUT2D eigenvalue weighted by atomic mass is 16.5. The Kier molecular flexibility index (Phi) is 3.89. The van der Waals surface area contributed by atoms with E-state index in [2.05, 4.69) is 27.8 Å². The molecular weight excluding hydrogens is 298 g/mol. The Morgan fingerprint density at radius 3 is 2.87 bits per heavy atom. The van der Waals surface area contributed by atoms with Gasteiger partial charge in [0.2, 0.25) is 0 Å². The van der Waals surface area contributed by atoms with Crippen molar-refractivity contribution in [2.24, 2.45) is 13.0 Å². The average molecular weight is 317 g/mol. The third kappa shape index (κ3) is 2.84. The lowest BCUT2D eigenvalue weighted by atomic mass is 9.88. The third-order valence-electron chi connectivity index (χ3n) is 4.02. The zero-order valence-corrected chi connectivity index (χ0v) is 13.3. The maximum absolute atomic E-state index is 12.5. The molecule has 1 atom stereocenters. The highest BCUT2D eigenvalue weighted by molar-refractivity contribution is 6.08. The van der Waals surface area contributed by atoms with Gasteiger partial charge < -0.3 is 15.2 Å². The quantitative estimate of drug-likeness (QED) is 0.884. The molecule has 0 spiro atoms. The fourth-order valence-corrected chi connectivity index (χ4v) is 2.80. The first-order valence-electron chi connectivity index (χ1n) is 7.54. The van der Waals surface area contributed by atoms with Gasteiger partial charge in [0, 0.05) is 32.3 Å². The summed E-state index contributed by atoms with van der Waals surface area (Å²) in [5.41, 5.74) is 1.66. The molecule has 0 saturated carbocycles. The summed E-state index contributed by atoms with van der Waals surface area (Å²) in [6.45, 7) is 2.14. The number of rotatable bonds is 3. The standard InChI is InChI=1S/C15H19N5O3/c1-8-4-5-11-9(6-8)12(19-23-11)15(22)17-10-7-20(3)18-13(10)14(21)16-2/h7-8H,4-6H2,1-3H3,(H,16,21)(H,17,22). The molecule has 0 saturated heterocycles. The fourth-order valence-electron chi connectivity index (χ4n) is 2.80. The summed E-state index contributed by atoms with van der Waals surface area (Å²) in [7, 11) is 3.19. The van der Waals surface area contributed by atoms with E-state index in [1.54, 1.807) is 13.2 Å². The summed E-state index contributed by atoms with van der Waals surface area (Å²) >= 11 is 0. The molecule has 2 N–H and O–H groups in total. The van der Waals surface area contributed by atoms with E-state index in [9.17, 15) is 9.59 Å². The van der Waals surface area contributed by atoms with Crippen LogP contribution < -0.4 is 10.6 Å². The van der Waals surface area contributed by atoms with Crippen molar-refractivity contribution in [3.8, 4) is 0 Å². The second-order valence-corrected chi connectivity index (χ2v) is 5.88. The average Bonchev–Trinajstić information content (AvgIpc) is 3.09. The molecule has 0 radical (unpaired) electrons. The molecular formula is C15H19N5O3. The van der Waals surface area contributed by atoms with Crippen LogP contribution in [0.1, 0.15) is 45.6 Å². The van der Waals surface area contributed by atoms with Crippen molar-refractivity contribution in [2.75, 3.05) is 12.4 Å². The summed E-state index contributed by atoms with van der Waals surface area (Å²) in [6.07, 6.45) is 4.19. The minimum atomic E-state index is -0.387. The Morgan fingerprint density at radius 2 is 2.13 bits per heavy atom. The number of hydrogen-bond acceptors (Lipinski definition) is 5. The van der Waals surface area contributed by atoms with Crippen LogP contribution in [-0.4, -0.2) is 33.8 Å². The number of hydrogen-bond donors (Lipinski definition) is 2. The number of aryl methyl sites for hydroxylation is 2. The number of anilines is 1. The molecule has 0 bridgehead atoms. The van der Waals surface area contributed by atoms with E-state index >= 15 is 0 Å². The van der Waals surface area contributed by atoms with Gasteiger partial charge in [0.05, 0.1) is 5.69 Å². The monoisotopic (exact) mass is 317 g/mol. The molecule has 0 aromatic carbocycles. The number of aromatic nitrogens is 3. The minimum Gasteiger partial charge on any atom is -0.360 e. The molecule has 8 heteroatoms. The lowest BCUT2D eigenvalue weighted by Gasteiger charge is -2.16. The molecule has 2 heterocycles. The van der Waals surface area contributed by atoms with E-state index in [0.29, 0.717) is 17.3 Å². The molecule has 23 heavy (non-hydrogen) atoms. The predicted molar refractivity (Wildman–Crippen MR) is 82.2 cm³/mol. The minimum absolute atomic E-state index is 0.161. The molecule has 2 amide bonds. The Hall–Kier alpha value is -2.64. The van der Waals surface area contributed by atoms with Crippen molar-refractivity contribution in [1.29, 1.82) is 0 Å². The first-order chi connectivity index (χ1) is 11.0. The van der Waals surface area contributed by atoms with Crippen LogP contribution in [0.4, 0.5) is 5.69 Å².